The maximum absolute atomic E-state index is 12.1. The third-order valence-electron chi connectivity index (χ3n) is 3.25. The number of nitrogens with one attached hydrogen (secondary N) is 1. The van der Waals surface area contributed by atoms with Crippen molar-refractivity contribution in [3.63, 3.8) is 0 Å². The highest BCUT2D eigenvalue weighted by molar-refractivity contribution is 7.98. The molecule has 0 saturated carbocycles. The minimum atomic E-state index is -0.217. The van der Waals surface area contributed by atoms with E-state index in [1.165, 1.54) is 6.21 Å². The van der Waals surface area contributed by atoms with Gasteiger partial charge in [0.15, 0.2) is 0 Å². The highest BCUT2D eigenvalue weighted by atomic mass is 35.5. The fourth-order valence-electron chi connectivity index (χ4n) is 2.15. The molecule has 0 fully saturated rings. The van der Waals surface area contributed by atoms with E-state index in [0.29, 0.717) is 22.4 Å². The molecule has 7 heteroatoms. The molecule has 0 bridgehead atoms. The number of benzene rings is 2. The van der Waals surface area contributed by atoms with Crippen molar-refractivity contribution in [1.29, 1.82) is 0 Å². The van der Waals surface area contributed by atoms with E-state index in [9.17, 15) is 4.79 Å². The summed E-state index contributed by atoms with van der Waals surface area (Å²) in [4.78, 5) is 13.1. The van der Waals surface area contributed by atoms with Crippen molar-refractivity contribution in [2.45, 2.75) is 18.2 Å². The zero-order valence-corrected chi connectivity index (χ0v) is 16.2. The predicted molar refractivity (Wildman–Crippen MR) is 105 cm³/mol. The Bertz CT molecular complexity index is 782. The van der Waals surface area contributed by atoms with Crippen LogP contribution in [0.5, 0.6) is 5.75 Å². The molecule has 0 saturated heterocycles. The van der Waals surface area contributed by atoms with Crippen LogP contribution in [0, 0.1) is 0 Å². The lowest BCUT2D eigenvalue weighted by molar-refractivity contribution is -0.120. The summed E-state index contributed by atoms with van der Waals surface area (Å²) in [6.45, 7) is 2.44. The molecule has 0 unspecified atom stereocenters. The maximum atomic E-state index is 12.1. The lowest BCUT2D eigenvalue weighted by Crippen LogP contribution is -2.20. The Morgan fingerprint density at radius 3 is 2.76 bits per heavy atom. The Labute approximate surface area is 161 Å². The van der Waals surface area contributed by atoms with Crippen LogP contribution in [0.3, 0.4) is 0 Å². The highest BCUT2D eigenvalue weighted by Crippen LogP contribution is 2.25. The van der Waals surface area contributed by atoms with Gasteiger partial charge in [-0.3, -0.25) is 4.79 Å². The molecule has 4 nitrogen and oxygen atoms in total. The van der Waals surface area contributed by atoms with E-state index in [1.807, 2.05) is 31.4 Å². The Morgan fingerprint density at radius 1 is 1.28 bits per heavy atom. The zero-order chi connectivity index (χ0) is 18.2. The zero-order valence-electron chi connectivity index (χ0n) is 13.9. The van der Waals surface area contributed by atoms with Gasteiger partial charge in [0.05, 0.1) is 24.3 Å². The van der Waals surface area contributed by atoms with E-state index < -0.39 is 0 Å². The molecule has 0 aromatic heterocycles. The second kappa shape index (κ2) is 9.70. The number of halogens is 2. The van der Waals surface area contributed by atoms with Gasteiger partial charge in [0.1, 0.15) is 5.75 Å². The molecule has 0 radical (unpaired) electrons. The quantitative estimate of drug-likeness (QED) is 0.415. The van der Waals surface area contributed by atoms with E-state index in [1.54, 1.807) is 30.0 Å². The standard InChI is InChI=1S/C18H18Cl2N2O2S/c1-3-24-16-6-4-12(8-15(16)20)11-21-22-18(23)10-13-9-14(19)5-7-17(13)25-2/h4-9,11H,3,10H2,1-2H3,(H,22,23)/b21-11-. The molecule has 0 spiro atoms. The number of carbonyl (C=O) groups excluding carboxylic acids is 1. The molecule has 132 valence electrons. The topological polar surface area (TPSA) is 50.7 Å². The molecule has 0 atom stereocenters. The van der Waals surface area contributed by atoms with Gasteiger partial charge in [-0.25, -0.2) is 5.43 Å². The van der Waals surface area contributed by atoms with Crippen molar-refractivity contribution >= 4 is 47.1 Å². The van der Waals surface area contributed by atoms with E-state index in [4.69, 9.17) is 27.9 Å². The van der Waals surface area contributed by atoms with Crippen molar-refractivity contribution in [3.8, 4) is 5.75 Å². The minimum absolute atomic E-state index is 0.206. The average molecular weight is 397 g/mol. The molecule has 1 amide bonds. The third kappa shape index (κ3) is 5.96. The number of rotatable bonds is 7. The molecular formula is C18H18Cl2N2O2S. The predicted octanol–water partition coefficient (Wildman–Crippen LogP) is 4.81. The van der Waals surface area contributed by atoms with Crippen LogP contribution in [0.25, 0.3) is 0 Å². The van der Waals surface area contributed by atoms with Crippen molar-refractivity contribution < 1.29 is 9.53 Å². The minimum Gasteiger partial charge on any atom is -0.492 e. The van der Waals surface area contributed by atoms with E-state index in [2.05, 4.69) is 10.5 Å². The first-order valence-corrected chi connectivity index (χ1v) is 9.58. The number of hydrogen-bond donors (Lipinski definition) is 1. The lowest BCUT2D eigenvalue weighted by atomic mass is 10.1. The summed E-state index contributed by atoms with van der Waals surface area (Å²) in [5, 5.41) is 5.07. The van der Waals surface area contributed by atoms with Gasteiger partial charge in [0.25, 0.3) is 0 Å². The van der Waals surface area contributed by atoms with Crippen molar-refractivity contribution in [2.24, 2.45) is 5.10 Å². The van der Waals surface area contributed by atoms with Crippen molar-refractivity contribution in [2.75, 3.05) is 12.9 Å². The number of nitrogens with zero attached hydrogens (tertiary/aromatic N) is 1. The van der Waals surface area contributed by atoms with Gasteiger partial charge in [-0.15, -0.1) is 11.8 Å². The van der Waals surface area contributed by atoms with Crippen LogP contribution in [0.15, 0.2) is 46.4 Å². The van der Waals surface area contributed by atoms with Crippen molar-refractivity contribution in [3.05, 3.63) is 57.6 Å². The summed E-state index contributed by atoms with van der Waals surface area (Å²) in [7, 11) is 0. The number of thioether (sulfide) groups is 1. The van der Waals surface area contributed by atoms with Crippen LogP contribution < -0.4 is 10.2 Å². The molecule has 2 rings (SSSR count). The molecule has 0 aliphatic rings. The van der Waals surface area contributed by atoms with Gasteiger partial charge in [0.2, 0.25) is 5.91 Å². The van der Waals surface area contributed by atoms with Gasteiger partial charge in [-0.1, -0.05) is 23.2 Å². The Kier molecular flexibility index (Phi) is 7.62. The van der Waals surface area contributed by atoms with E-state index >= 15 is 0 Å². The van der Waals surface area contributed by atoms with E-state index in [-0.39, 0.29) is 12.3 Å². The summed E-state index contributed by atoms with van der Waals surface area (Å²) in [6.07, 6.45) is 3.70. The monoisotopic (exact) mass is 396 g/mol. The smallest absolute Gasteiger partial charge is 0.244 e. The summed E-state index contributed by atoms with van der Waals surface area (Å²) in [5.41, 5.74) is 4.15. The molecule has 0 aliphatic heterocycles. The summed E-state index contributed by atoms with van der Waals surface area (Å²) in [6, 6.07) is 10.8. The fourth-order valence-corrected chi connectivity index (χ4v) is 3.18. The average Bonchev–Trinajstić information content (AvgIpc) is 2.57. The fraction of sp³-hybridized carbons (Fsp3) is 0.222. The Balaban J connectivity index is 1.97. The molecule has 25 heavy (non-hydrogen) atoms. The van der Waals surface area contributed by atoms with Gasteiger partial charge < -0.3 is 4.74 Å². The van der Waals surface area contributed by atoms with Gasteiger partial charge in [0, 0.05) is 9.92 Å². The van der Waals surface area contributed by atoms with Gasteiger partial charge >= 0.3 is 0 Å². The maximum Gasteiger partial charge on any atom is 0.244 e. The molecule has 0 aliphatic carbocycles. The number of hydrazone groups is 1. The molecule has 1 N–H and O–H groups in total. The third-order valence-corrected chi connectivity index (χ3v) is 4.62. The van der Waals surface area contributed by atoms with Gasteiger partial charge in [-0.05, 0) is 60.7 Å². The first-order chi connectivity index (χ1) is 12.0. The lowest BCUT2D eigenvalue weighted by Gasteiger charge is -2.07. The molecule has 2 aromatic rings. The summed E-state index contributed by atoms with van der Waals surface area (Å²) < 4.78 is 5.37. The molecular weight excluding hydrogens is 379 g/mol. The first kappa shape index (κ1) is 19.6. The largest absolute Gasteiger partial charge is 0.492 e. The normalized spacial score (nSPS) is 10.9. The first-order valence-electron chi connectivity index (χ1n) is 7.60. The SMILES string of the molecule is CCOc1ccc(/C=N\NC(=O)Cc2cc(Cl)ccc2SC)cc1Cl. The van der Waals surface area contributed by atoms with Crippen LogP contribution >= 0.6 is 35.0 Å². The van der Waals surface area contributed by atoms with Crippen LogP contribution in [-0.2, 0) is 11.2 Å². The second-order valence-corrected chi connectivity index (χ2v) is 6.74. The summed E-state index contributed by atoms with van der Waals surface area (Å²) in [5.74, 6) is 0.404. The van der Waals surface area contributed by atoms with E-state index in [0.717, 1.165) is 16.0 Å². The van der Waals surface area contributed by atoms with Crippen molar-refractivity contribution in [1.82, 2.24) is 5.43 Å². The second-order valence-electron chi connectivity index (χ2n) is 5.05. The number of carbonyl (C=O) groups is 1. The van der Waals surface area contributed by atoms with Crippen LogP contribution in [0.4, 0.5) is 0 Å². The molecule has 0 heterocycles. The number of hydrogen-bond acceptors (Lipinski definition) is 4. The Hall–Kier alpha value is -1.69. The van der Waals surface area contributed by atoms with Crippen LogP contribution in [-0.4, -0.2) is 25.0 Å². The molecule has 2 aromatic carbocycles. The number of ether oxygens (including phenoxy) is 1. The summed E-state index contributed by atoms with van der Waals surface area (Å²) >= 11 is 13.7. The highest BCUT2D eigenvalue weighted by Gasteiger charge is 2.08. The van der Waals surface area contributed by atoms with Crippen LogP contribution in [0.2, 0.25) is 10.0 Å². The van der Waals surface area contributed by atoms with Gasteiger partial charge in [-0.2, -0.15) is 5.10 Å². The number of amides is 1. The van der Waals surface area contributed by atoms with Crippen LogP contribution in [0.1, 0.15) is 18.1 Å². The Morgan fingerprint density at radius 2 is 2.08 bits per heavy atom.